The first kappa shape index (κ1) is 24.4. The molecule has 0 heterocycles. The first-order chi connectivity index (χ1) is 6.56. The van der Waals surface area contributed by atoms with Gasteiger partial charge in [0, 0.05) is 6.92 Å². The van der Waals surface area contributed by atoms with Crippen LogP contribution in [0.25, 0.3) is 0 Å². The SMILES string of the molecule is C.C.C=C.CCC(C)COC(C)NC(C)=O. The van der Waals surface area contributed by atoms with Gasteiger partial charge in [0.15, 0.2) is 0 Å². The molecule has 0 aromatic rings. The van der Waals surface area contributed by atoms with Crippen LogP contribution >= 0.6 is 0 Å². The van der Waals surface area contributed by atoms with Crippen molar-refractivity contribution in [2.45, 2.75) is 55.2 Å². The molecule has 16 heavy (non-hydrogen) atoms. The van der Waals surface area contributed by atoms with E-state index in [1.165, 1.54) is 6.92 Å². The third kappa shape index (κ3) is 18.9. The Hall–Kier alpha value is -0.830. The van der Waals surface area contributed by atoms with Crippen molar-refractivity contribution in [1.29, 1.82) is 0 Å². The lowest BCUT2D eigenvalue weighted by molar-refractivity contribution is -0.123. The number of amides is 1. The Labute approximate surface area is 102 Å². The second-order valence-electron chi connectivity index (χ2n) is 3.19. The van der Waals surface area contributed by atoms with Gasteiger partial charge in [0.25, 0.3) is 0 Å². The lowest BCUT2D eigenvalue weighted by atomic mass is 10.1. The van der Waals surface area contributed by atoms with Gasteiger partial charge in [0.2, 0.25) is 5.91 Å². The Balaban J connectivity index is -0.000000169. The number of hydrogen-bond donors (Lipinski definition) is 1. The molecule has 1 amide bonds. The van der Waals surface area contributed by atoms with Gasteiger partial charge in [-0.15, -0.1) is 13.2 Å². The van der Waals surface area contributed by atoms with E-state index in [0.29, 0.717) is 12.5 Å². The van der Waals surface area contributed by atoms with E-state index in [-0.39, 0.29) is 27.0 Å². The summed E-state index contributed by atoms with van der Waals surface area (Å²) < 4.78 is 5.37. The minimum absolute atomic E-state index is 0. The molecule has 0 saturated carbocycles. The molecule has 3 heteroatoms. The molecule has 0 fully saturated rings. The smallest absolute Gasteiger partial charge is 0.218 e. The molecule has 0 radical (unpaired) electrons. The Morgan fingerprint density at radius 1 is 1.31 bits per heavy atom. The van der Waals surface area contributed by atoms with Gasteiger partial charge >= 0.3 is 0 Å². The normalized spacial score (nSPS) is 11.8. The van der Waals surface area contributed by atoms with Crippen LogP contribution in [-0.4, -0.2) is 18.7 Å². The maximum absolute atomic E-state index is 10.6. The van der Waals surface area contributed by atoms with Gasteiger partial charge in [0.1, 0.15) is 6.23 Å². The van der Waals surface area contributed by atoms with Crippen LogP contribution in [0.1, 0.15) is 49.0 Å². The number of ether oxygens (including phenoxy) is 1. The van der Waals surface area contributed by atoms with Crippen LogP contribution in [0.3, 0.4) is 0 Å². The standard InChI is InChI=1S/C9H19NO2.C2H4.2CH4/c1-5-7(2)6-12-9(4)10-8(3)11;1-2;;/h7,9H,5-6H2,1-4H3,(H,10,11);1-2H2;2*1H4. The van der Waals surface area contributed by atoms with Crippen molar-refractivity contribution >= 4 is 5.91 Å². The fraction of sp³-hybridized carbons (Fsp3) is 0.769. The van der Waals surface area contributed by atoms with Gasteiger partial charge in [-0.3, -0.25) is 4.79 Å². The summed E-state index contributed by atoms with van der Waals surface area (Å²) in [5.41, 5.74) is 0. The van der Waals surface area contributed by atoms with E-state index in [9.17, 15) is 4.79 Å². The van der Waals surface area contributed by atoms with Gasteiger partial charge in [-0.1, -0.05) is 35.1 Å². The minimum atomic E-state index is -0.170. The van der Waals surface area contributed by atoms with Crippen LogP contribution in [0.15, 0.2) is 13.2 Å². The van der Waals surface area contributed by atoms with E-state index >= 15 is 0 Å². The molecule has 0 bridgehead atoms. The lowest BCUT2D eigenvalue weighted by Gasteiger charge is -2.16. The van der Waals surface area contributed by atoms with Gasteiger partial charge in [-0.05, 0) is 12.8 Å². The van der Waals surface area contributed by atoms with Crippen LogP contribution in [0, 0.1) is 5.92 Å². The van der Waals surface area contributed by atoms with Gasteiger partial charge < -0.3 is 10.1 Å². The van der Waals surface area contributed by atoms with Crippen LogP contribution < -0.4 is 5.32 Å². The van der Waals surface area contributed by atoms with E-state index in [2.05, 4.69) is 32.3 Å². The fourth-order valence-corrected chi connectivity index (χ4v) is 0.754. The van der Waals surface area contributed by atoms with Crippen LogP contribution in [0.4, 0.5) is 0 Å². The third-order valence-electron chi connectivity index (χ3n) is 1.73. The third-order valence-corrected chi connectivity index (χ3v) is 1.73. The number of carbonyl (C=O) groups excluding carboxylic acids is 1. The topological polar surface area (TPSA) is 38.3 Å². The largest absolute Gasteiger partial charge is 0.359 e. The van der Waals surface area contributed by atoms with Crippen molar-refractivity contribution in [2.24, 2.45) is 5.92 Å². The van der Waals surface area contributed by atoms with Crippen molar-refractivity contribution in [1.82, 2.24) is 5.32 Å². The highest BCUT2D eigenvalue weighted by molar-refractivity contribution is 5.72. The van der Waals surface area contributed by atoms with Crippen LogP contribution in [-0.2, 0) is 9.53 Å². The first-order valence-electron chi connectivity index (χ1n) is 4.95. The lowest BCUT2D eigenvalue weighted by Crippen LogP contribution is -2.33. The summed E-state index contributed by atoms with van der Waals surface area (Å²) in [4.78, 5) is 10.6. The summed E-state index contributed by atoms with van der Waals surface area (Å²) in [6.45, 7) is 14.3. The van der Waals surface area contributed by atoms with Gasteiger partial charge in [0.05, 0.1) is 6.61 Å². The van der Waals surface area contributed by atoms with Gasteiger partial charge in [-0.2, -0.15) is 0 Å². The molecule has 0 aliphatic rings. The molecule has 0 saturated heterocycles. The molecule has 0 aliphatic carbocycles. The molecule has 3 nitrogen and oxygen atoms in total. The molecule has 2 unspecified atom stereocenters. The van der Waals surface area contributed by atoms with Crippen molar-refractivity contribution in [2.75, 3.05) is 6.61 Å². The highest BCUT2D eigenvalue weighted by Crippen LogP contribution is 2.01. The van der Waals surface area contributed by atoms with Crippen molar-refractivity contribution in [3.8, 4) is 0 Å². The molecule has 1 N–H and O–H groups in total. The average Bonchev–Trinajstić information content (AvgIpc) is 2.16. The molecular formula is C13H31NO2. The predicted molar refractivity (Wildman–Crippen MR) is 73.4 cm³/mol. The summed E-state index contributed by atoms with van der Waals surface area (Å²) >= 11 is 0. The maximum atomic E-state index is 10.6. The molecule has 2 atom stereocenters. The van der Waals surface area contributed by atoms with Crippen molar-refractivity contribution < 1.29 is 9.53 Å². The van der Waals surface area contributed by atoms with Crippen LogP contribution in [0.5, 0.6) is 0 Å². The summed E-state index contributed by atoms with van der Waals surface area (Å²) in [6, 6.07) is 0. The molecule has 0 spiro atoms. The summed E-state index contributed by atoms with van der Waals surface area (Å²) in [5, 5.41) is 2.66. The predicted octanol–water partition coefficient (Wildman–Crippen LogP) is 3.61. The molecular weight excluding hydrogens is 202 g/mol. The molecule has 0 aliphatic heterocycles. The number of hydrogen-bond acceptors (Lipinski definition) is 2. The van der Waals surface area contributed by atoms with Crippen molar-refractivity contribution in [3.05, 3.63) is 13.2 Å². The molecule has 100 valence electrons. The first-order valence-corrected chi connectivity index (χ1v) is 4.95. The quantitative estimate of drug-likeness (QED) is 0.582. The fourth-order valence-electron chi connectivity index (χ4n) is 0.754. The van der Waals surface area contributed by atoms with E-state index in [1.807, 2.05) is 6.92 Å². The Morgan fingerprint density at radius 2 is 1.75 bits per heavy atom. The summed E-state index contributed by atoms with van der Waals surface area (Å²) in [5.74, 6) is 0.507. The monoisotopic (exact) mass is 233 g/mol. The van der Waals surface area contributed by atoms with E-state index in [4.69, 9.17) is 4.74 Å². The second kappa shape index (κ2) is 16.6. The minimum Gasteiger partial charge on any atom is -0.359 e. The number of rotatable bonds is 5. The van der Waals surface area contributed by atoms with E-state index in [1.54, 1.807) is 0 Å². The number of carbonyl (C=O) groups is 1. The zero-order valence-corrected chi connectivity index (χ0v) is 9.80. The number of nitrogens with one attached hydrogen (secondary N) is 1. The zero-order chi connectivity index (χ0) is 11.6. The highest BCUT2D eigenvalue weighted by Gasteiger charge is 2.05. The zero-order valence-electron chi connectivity index (χ0n) is 9.80. The van der Waals surface area contributed by atoms with Crippen molar-refractivity contribution in [3.63, 3.8) is 0 Å². The van der Waals surface area contributed by atoms with E-state index < -0.39 is 0 Å². The van der Waals surface area contributed by atoms with E-state index in [0.717, 1.165) is 6.42 Å². The van der Waals surface area contributed by atoms with Gasteiger partial charge in [-0.25, -0.2) is 0 Å². The highest BCUT2D eigenvalue weighted by atomic mass is 16.5. The Bertz CT molecular complexity index is 149. The Kier molecular flexibility index (Phi) is 25.3. The van der Waals surface area contributed by atoms with Crippen LogP contribution in [0.2, 0.25) is 0 Å². The maximum Gasteiger partial charge on any atom is 0.218 e. The molecule has 0 aromatic carbocycles. The molecule has 0 rings (SSSR count). The second-order valence-corrected chi connectivity index (χ2v) is 3.19. The summed E-state index contributed by atoms with van der Waals surface area (Å²) in [6.07, 6.45) is 0.934. The Morgan fingerprint density at radius 3 is 2.06 bits per heavy atom. The summed E-state index contributed by atoms with van der Waals surface area (Å²) in [7, 11) is 0. The molecule has 0 aromatic heterocycles. The average molecular weight is 233 g/mol.